The van der Waals surface area contributed by atoms with Crippen LogP contribution >= 0.6 is 0 Å². The number of carbonyl (C=O) groups is 4. The minimum absolute atomic E-state index is 0.125. The Labute approximate surface area is 409 Å². The van der Waals surface area contributed by atoms with Gasteiger partial charge in [-0.3, -0.25) is 30.0 Å². The molecule has 0 bridgehead atoms. The number of carbonyl (C=O) groups excluding carboxylic acids is 4. The Morgan fingerprint density at radius 2 is 0.800 bits per heavy atom. The van der Waals surface area contributed by atoms with Gasteiger partial charge < -0.3 is 48.0 Å². The molecule has 4 aromatic carbocycles. The lowest BCUT2D eigenvalue weighted by atomic mass is 10.2. The summed E-state index contributed by atoms with van der Waals surface area (Å²) in [6, 6.07) is 30.0. The number of rotatable bonds is 24. The highest BCUT2D eigenvalue weighted by atomic mass is 16.5. The maximum Gasteiger partial charge on any atom is 0.312 e. The van der Waals surface area contributed by atoms with E-state index >= 15 is 0 Å². The number of nitrogens with one attached hydrogen (secondary N) is 2. The first kappa shape index (κ1) is 52.8. The topological polar surface area (TPSA) is 212 Å². The van der Waals surface area contributed by atoms with E-state index < -0.39 is 23.6 Å². The van der Waals surface area contributed by atoms with Gasteiger partial charge in [0.1, 0.15) is 23.0 Å². The zero-order valence-electron chi connectivity index (χ0n) is 39.7. The van der Waals surface area contributed by atoms with Crippen molar-refractivity contribution < 1.29 is 47.6 Å². The molecule has 70 heavy (non-hydrogen) atoms. The highest BCUT2D eigenvalue weighted by molar-refractivity contribution is 6.35. The fourth-order valence-corrected chi connectivity index (χ4v) is 7.17. The summed E-state index contributed by atoms with van der Waals surface area (Å²) in [4.78, 5) is 59.5. The SMILES string of the molecule is CCOC(=N)c1ccc(OCCCN2CCN(CCCOc3ccc(C(=N)OCC)cc3)C(=O)C2=O)cc1.[C-]#[N+]c1ccc(OCCCN2CCN(CCCOc3ccc(C#N)cc3)C(=O)C2=O)cc1. The van der Waals surface area contributed by atoms with Crippen molar-refractivity contribution in [1.29, 1.82) is 16.1 Å². The minimum Gasteiger partial charge on any atom is -0.494 e. The van der Waals surface area contributed by atoms with Crippen LogP contribution < -0.4 is 18.9 Å². The molecular formula is C52H60N8O10. The van der Waals surface area contributed by atoms with Crippen LogP contribution in [0.4, 0.5) is 5.69 Å². The van der Waals surface area contributed by atoms with E-state index in [9.17, 15) is 19.2 Å². The van der Waals surface area contributed by atoms with E-state index in [0.29, 0.717) is 163 Å². The van der Waals surface area contributed by atoms with Gasteiger partial charge in [-0.15, -0.1) is 0 Å². The second-order valence-corrected chi connectivity index (χ2v) is 15.8. The second kappa shape index (κ2) is 28.3. The fourth-order valence-electron chi connectivity index (χ4n) is 7.17. The van der Waals surface area contributed by atoms with Gasteiger partial charge in [-0.1, -0.05) is 12.1 Å². The minimum atomic E-state index is -0.483. The van der Waals surface area contributed by atoms with E-state index in [4.69, 9.17) is 51.1 Å². The van der Waals surface area contributed by atoms with Gasteiger partial charge in [0.25, 0.3) is 0 Å². The van der Waals surface area contributed by atoms with Crippen LogP contribution in [-0.4, -0.2) is 147 Å². The third kappa shape index (κ3) is 16.6. The van der Waals surface area contributed by atoms with Crippen molar-refractivity contribution in [1.82, 2.24) is 19.6 Å². The summed E-state index contributed by atoms with van der Waals surface area (Å²) in [6.45, 7) is 17.0. The van der Waals surface area contributed by atoms with Crippen molar-refractivity contribution in [3.63, 3.8) is 0 Å². The van der Waals surface area contributed by atoms with Gasteiger partial charge in [0.15, 0.2) is 5.69 Å². The molecule has 2 aliphatic heterocycles. The van der Waals surface area contributed by atoms with Crippen LogP contribution in [0.3, 0.4) is 0 Å². The highest BCUT2D eigenvalue weighted by Gasteiger charge is 2.33. The standard InChI is InChI=1S/C28H36N4O6.C24H24N4O4/c1-3-35-25(29)21-7-11-23(12-8-21)37-19-5-15-31-17-18-32(28(34)27(31)33)16-6-20-38-24-13-9-22(10-14-24)26(30)36-4-2;1-26-20-6-10-22(11-7-20)32-17-3-13-28-15-14-27(23(29)24(28)30)12-2-16-31-21-8-4-19(18-25)5-9-21/h7-14,29-30H,3-6,15-20H2,1-2H3;4-11H,2-3,12-17H2. The number of nitrogens with zero attached hydrogens (tertiary/aromatic N) is 6. The molecule has 368 valence electrons. The Balaban J connectivity index is 0.000000265. The summed E-state index contributed by atoms with van der Waals surface area (Å²) in [5, 5.41) is 24.4. The molecule has 0 atom stereocenters. The van der Waals surface area contributed by atoms with Crippen molar-refractivity contribution in [2.24, 2.45) is 0 Å². The predicted molar refractivity (Wildman–Crippen MR) is 260 cm³/mol. The van der Waals surface area contributed by atoms with Gasteiger partial charge in [-0.05, 0) is 124 Å². The number of piperazine rings is 2. The van der Waals surface area contributed by atoms with Crippen LogP contribution in [-0.2, 0) is 28.7 Å². The van der Waals surface area contributed by atoms with Crippen LogP contribution in [0.15, 0.2) is 97.1 Å². The first-order valence-electron chi connectivity index (χ1n) is 23.3. The smallest absolute Gasteiger partial charge is 0.312 e. The average Bonchev–Trinajstić information content (AvgIpc) is 3.38. The van der Waals surface area contributed by atoms with Gasteiger partial charge in [0.2, 0.25) is 11.8 Å². The summed E-state index contributed by atoms with van der Waals surface area (Å²) in [7, 11) is 0. The quantitative estimate of drug-likeness (QED) is 0.0260. The van der Waals surface area contributed by atoms with Crippen LogP contribution in [0.5, 0.6) is 23.0 Å². The zero-order chi connectivity index (χ0) is 50.1. The van der Waals surface area contributed by atoms with Crippen molar-refractivity contribution in [2.45, 2.75) is 39.5 Å². The van der Waals surface area contributed by atoms with Gasteiger partial charge in [-0.2, -0.15) is 5.26 Å². The summed E-state index contributed by atoms with van der Waals surface area (Å²) in [6.07, 6.45) is 2.43. The number of hydrogen-bond acceptors (Lipinski definition) is 13. The van der Waals surface area contributed by atoms with Crippen LogP contribution in [0.2, 0.25) is 0 Å². The van der Waals surface area contributed by atoms with Gasteiger partial charge in [0, 0.05) is 63.5 Å². The maximum atomic E-state index is 12.5. The second-order valence-electron chi connectivity index (χ2n) is 15.8. The first-order chi connectivity index (χ1) is 34.0. The molecule has 0 unspecified atom stereocenters. The highest BCUT2D eigenvalue weighted by Crippen LogP contribution is 2.19. The molecule has 0 saturated carbocycles. The molecule has 6 rings (SSSR count). The van der Waals surface area contributed by atoms with E-state index in [0.717, 1.165) is 0 Å². The monoisotopic (exact) mass is 956 g/mol. The van der Waals surface area contributed by atoms with E-state index in [2.05, 4.69) is 10.9 Å². The number of hydrogen-bond donors (Lipinski definition) is 2. The fraction of sp³-hybridized carbons (Fsp3) is 0.385. The molecule has 0 aromatic heterocycles. The number of benzene rings is 4. The number of nitriles is 1. The third-order valence-corrected chi connectivity index (χ3v) is 10.9. The number of amides is 4. The van der Waals surface area contributed by atoms with Crippen LogP contribution in [0, 0.1) is 28.7 Å². The lowest BCUT2D eigenvalue weighted by Crippen LogP contribution is -2.54. The van der Waals surface area contributed by atoms with E-state index in [1.165, 1.54) is 0 Å². The Kier molecular flexibility index (Phi) is 21.3. The van der Waals surface area contributed by atoms with E-state index in [-0.39, 0.29) is 11.8 Å². The molecule has 4 aromatic rings. The van der Waals surface area contributed by atoms with Crippen molar-refractivity contribution in [3.05, 3.63) is 125 Å². The molecule has 2 heterocycles. The molecular weight excluding hydrogens is 897 g/mol. The molecule has 2 saturated heterocycles. The molecule has 18 nitrogen and oxygen atoms in total. The van der Waals surface area contributed by atoms with E-state index in [1.807, 2.05) is 13.8 Å². The normalized spacial score (nSPS) is 13.4. The summed E-state index contributed by atoms with van der Waals surface area (Å²) in [5.74, 6) is 1.01. The zero-order valence-corrected chi connectivity index (χ0v) is 39.7. The average molecular weight is 957 g/mol. The van der Waals surface area contributed by atoms with Gasteiger partial charge >= 0.3 is 23.6 Å². The molecule has 2 fully saturated rings. The largest absolute Gasteiger partial charge is 0.494 e. The molecule has 0 aliphatic carbocycles. The molecule has 18 heteroatoms. The third-order valence-electron chi connectivity index (χ3n) is 10.9. The first-order valence-corrected chi connectivity index (χ1v) is 23.3. The molecule has 2 N–H and O–H groups in total. The Hall–Kier alpha value is -8.12. The Morgan fingerprint density at radius 1 is 0.514 bits per heavy atom. The van der Waals surface area contributed by atoms with Crippen molar-refractivity contribution >= 4 is 41.1 Å². The molecule has 2 aliphatic rings. The van der Waals surface area contributed by atoms with Gasteiger partial charge in [-0.25, -0.2) is 4.85 Å². The van der Waals surface area contributed by atoms with E-state index in [1.54, 1.807) is 117 Å². The predicted octanol–water partition coefficient (Wildman–Crippen LogP) is 6.34. The lowest BCUT2D eigenvalue weighted by molar-refractivity contribution is -0.156. The molecule has 4 amide bonds. The summed E-state index contributed by atoms with van der Waals surface area (Å²) in [5.41, 5.74) is 2.49. The van der Waals surface area contributed by atoms with Crippen LogP contribution in [0.1, 0.15) is 56.2 Å². The maximum absolute atomic E-state index is 12.5. The van der Waals surface area contributed by atoms with Gasteiger partial charge in [0.05, 0.1) is 57.8 Å². The van der Waals surface area contributed by atoms with Crippen molar-refractivity contribution in [3.8, 4) is 29.1 Å². The molecule has 0 radical (unpaired) electrons. The Bertz CT molecular complexity index is 2260. The number of ether oxygens (including phenoxy) is 6. The summed E-state index contributed by atoms with van der Waals surface area (Å²) < 4.78 is 33.1. The van der Waals surface area contributed by atoms with Crippen LogP contribution in [0.25, 0.3) is 4.85 Å². The molecule has 0 spiro atoms. The Morgan fingerprint density at radius 3 is 1.07 bits per heavy atom. The summed E-state index contributed by atoms with van der Waals surface area (Å²) >= 11 is 0. The van der Waals surface area contributed by atoms with Crippen molar-refractivity contribution in [2.75, 3.05) is 92.0 Å². The lowest BCUT2D eigenvalue weighted by Gasteiger charge is -2.33.